The fourth-order valence-electron chi connectivity index (χ4n) is 2.81. The minimum Gasteiger partial charge on any atom is -0.309 e. The second-order valence-electron chi connectivity index (χ2n) is 6.76. The summed E-state index contributed by atoms with van der Waals surface area (Å²) in [5, 5.41) is 12.0. The number of rotatable bonds is 13. The van der Waals surface area contributed by atoms with Gasteiger partial charge in [0, 0.05) is 6.20 Å². The van der Waals surface area contributed by atoms with Crippen molar-refractivity contribution in [2.45, 2.75) is 84.6 Å². The summed E-state index contributed by atoms with van der Waals surface area (Å²) < 4.78 is 0. The van der Waals surface area contributed by atoms with Gasteiger partial charge < -0.3 is 5.32 Å². The predicted octanol–water partition coefficient (Wildman–Crippen LogP) is 5.29. The third-order valence-electron chi connectivity index (χ3n) is 4.08. The summed E-state index contributed by atoms with van der Waals surface area (Å²) in [6.45, 7) is 7.89. The minimum absolute atomic E-state index is 0.346. The van der Waals surface area contributed by atoms with E-state index in [0.717, 1.165) is 18.7 Å². The number of nitrogens with one attached hydrogen (secondary N) is 1. The van der Waals surface area contributed by atoms with E-state index in [1.807, 2.05) is 6.07 Å². The summed E-state index contributed by atoms with van der Waals surface area (Å²) in [4.78, 5) is 0. The van der Waals surface area contributed by atoms with E-state index in [-0.39, 0.29) is 0 Å². The van der Waals surface area contributed by atoms with Gasteiger partial charge in [-0.05, 0) is 37.4 Å². The highest BCUT2D eigenvalue weighted by atomic mass is 15.1. The third-order valence-corrected chi connectivity index (χ3v) is 4.08. The first kappa shape index (κ1) is 19.1. The van der Waals surface area contributed by atoms with E-state index < -0.39 is 0 Å². The lowest BCUT2D eigenvalue weighted by molar-refractivity contribution is 0.412. The van der Waals surface area contributed by atoms with E-state index in [1.165, 1.54) is 51.4 Å². The topological polar surface area (TPSA) is 37.8 Å². The van der Waals surface area contributed by atoms with Crippen LogP contribution in [0.1, 0.15) is 90.3 Å². The van der Waals surface area contributed by atoms with Gasteiger partial charge in [-0.2, -0.15) is 10.2 Å². The van der Waals surface area contributed by atoms with Crippen LogP contribution in [0, 0.1) is 5.92 Å². The number of nitrogens with zero attached hydrogens (tertiary/aromatic N) is 2. The maximum atomic E-state index is 4.28. The van der Waals surface area contributed by atoms with E-state index in [2.05, 4.69) is 42.4 Å². The van der Waals surface area contributed by atoms with Crippen molar-refractivity contribution in [2.24, 2.45) is 5.92 Å². The number of aromatic nitrogens is 2. The monoisotopic (exact) mass is 305 g/mol. The molecule has 0 bridgehead atoms. The zero-order valence-corrected chi connectivity index (χ0v) is 14.9. The maximum absolute atomic E-state index is 4.28. The van der Waals surface area contributed by atoms with Crippen LogP contribution in [-0.2, 0) is 0 Å². The summed E-state index contributed by atoms with van der Waals surface area (Å²) in [5.74, 6) is 0.665. The number of hydrogen-bond donors (Lipinski definition) is 1. The van der Waals surface area contributed by atoms with Crippen LogP contribution in [-0.4, -0.2) is 16.7 Å². The second-order valence-corrected chi connectivity index (χ2v) is 6.76. The fourth-order valence-corrected chi connectivity index (χ4v) is 2.81. The van der Waals surface area contributed by atoms with Crippen LogP contribution in [0.4, 0.5) is 0 Å². The molecule has 126 valence electrons. The molecule has 1 aromatic heterocycles. The first-order valence-corrected chi connectivity index (χ1v) is 9.25. The molecule has 22 heavy (non-hydrogen) atoms. The molecule has 1 heterocycles. The summed E-state index contributed by atoms with van der Waals surface area (Å²) >= 11 is 0. The normalized spacial score (nSPS) is 12.7. The quantitative estimate of drug-likeness (QED) is 0.503. The summed E-state index contributed by atoms with van der Waals surface area (Å²) in [6, 6.07) is 4.41. The zero-order valence-electron chi connectivity index (χ0n) is 14.9. The molecule has 3 nitrogen and oxygen atoms in total. The Hall–Kier alpha value is -0.960. The van der Waals surface area contributed by atoms with E-state index in [1.54, 1.807) is 6.20 Å². The van der Waals surface area contributed by atoms with E-state index in [4.69, 9.17) is 0 Å². The van der Waals surface area contributed by atoms with Crippen molar-refractivity contribution in [2.75, 3.05) is 6.54 Å². The lowest BCUT2D eigenvalue weighted by atomic mass is 10.0. The summed E-state index contributed by atoms with van der Waals surface area (Å²) in [7, 11) is 0. The van der Waals surface area contributed by atoms with Crippen molar-refractivity contribution in [1.82, 2.24) is 15.5 Å². The molecule has 0 aliphatic rings. The van der Waals surface area contributed by atoms with Crippen LogP contribution in [0.2, 0.25) is 0 Å². The van der Waals surface area contributed by atoms with E-state index >= 15 is 0 Å². The Morgan fingerprint density at radius 2 is 1.68 bits per heavy atom. The molecule has 1 aromatic rings. The molecule has 0 spiro atoms. The van der Waals surface area contributed by atoms with Gasteiger partial charge in [-0.3, -0.25) is 0 Å². The average Bonchev–Trinajstić information content (AvgIpc) is 2.52. The van der Waals surface area contributed by atoms with Gasteiger partial charge in [0.1, 0.15) is 0 Å². The molecule has 0 aliphatic heterocycles. The van der Waals surface area contributed by atoms with Gasteiger partial charge >= 0.3 is 0 Å². The molecular formula is C19H35N3. The average molecular weight is 306 g/mol. The largest absolute Gasteiger partial charge is 0.309 e. The smallest absolute Gasteiger partial charge is 0.0800 e. The van der Waals surface area contributed by atoms with Gasteiger partial charge in [-0.1, -0.05) is 65.7 Å². The summed E-state index contributed by atoms with van der Waals surface area (Å²) in [5.41, 5.74) is 1.08. The van der Waals surface area contributed by atoms with Gasteiger partial charge in [0.25, 0.3) is 0 Å². The fraction of sp³-hybridized carbons (Fsp3) is 0.789. The lowest BCUT2D eigenvalue weighted by Gasteiger charge is -2.19. The van der Waals surface area contributed by atoms with E-state index in [0.29, 0.717) is 12.0 Å². The molecule has 1 atom stereocenters. The molecule has 1 N–H and O–H groups in total. The Labute approximate surface area is 137 Å². The molecule has 1 rings (SSSR count). The van der Waals surface area contributed by atoms with Gasteiger partial charge in [-0.25, -0.2) is 0 Å². The van der Waals surface area contributed by atoms with Crippen molar-refractivity contribution in [3.05, 3.63) is 24.0 Å². The zero-order chi connectivity index (χ0) is 16.0. The molecule has 0 amide bonds. The van der Waals surface area contributed by atoms with Crippen molar-refractivity contribution < 1.29 is 0 Å². The SMILES string of the molecule is CCCCCCCCCCNC(CC(C)C)c1cccnn1. The van der Waals surface area contributed by atoms with Crippen LogP contribution in [0.15, 0.2) is 18.3 Å². The minimum atomic E-state index is 0.346. The molecule has 0 fully saturated rings. The standard InChI is InChI=1S/C19H35N3/c1-4-5-6-7-8-9-10-11-14-20-19(16-17(2)3)18-13-12-15-21-22-18/h12-13,15,17,19-20H,4-11,14,16H2,1-3H3. The highest BCUT2D eigenvalue weighted by Crippen LogP contribution is 2.19. The van der Waals surface area contributed by atoms with Crippen molar-refractivity contribution in [3.8, 4) is 0 Å². The third kappa shape index (κ3) is 9.14. The van der Waals surface area contributed by atoms with Gasteiger partial charge in [0.15, 0.2) is 0 Å². The molecule has 0 saturated heterocycles. The van der Waals surface area contributed by atoms with Crippen LogP contribution >= 0.6 is 0 Å². The van der Waals surface area contributed by atoms with Gasteiger partial charge in [-0.15, -0.1) is 0 Å². The molecule has 1 unspecified atom stereocenters. The highest BCUT2D eigenvalue weighted by molar-refractivity contribution is 5.05. The maximum Gasteiger partial charge on any atom is 0.0800 e. The summed E-state index contributed by atoms with van der Waals surface area (Å²) in [6.07, 6.45) is 13.8. The first-order valence-electron chi connectivity index (χ1n) is 9.25. The van der Waals surface area contributed by atoms with Gasteiger partial charge in [0.2, 0.25) is 0 Å². The second kappa shape index (κ2) is 12.6. The van der Waals surface area contributed by atoms with E-state index in [9.17, 15) is 0 Å². The highest BCUT2D eigenvalue weighted by Gasteiger charge is 2.13. The van der Waals surface area contributed by atoms with Crippen LogP contribution < -0.4 is 5.32 Å². The Bertz CT molecular complexity index is 351. The van der Waals surface area contributed by atoms with Crippen LogP contribution in [0.25, 0.3) is 0 Å². The molecule has 3 heteroatoms. The molecule has 0 aliphatic carbocycles. The number of unbranched alkanes of at least 4 members (excludes halogenated alkanes) is 7. The first-order chi connectivity index (χ1) is 10.7. The Morgan fingerprint density at radius 1 is 1.00 bits per heavy atom. The van der Waals surface area contributed by atoms with Crippen LogP contribution in [0.3, 0.4) is 0 Å². The number of hydrogen-bond acceptors (Lipinski definition) is 3. The Kier molecular flexibility index (Phi) is 10.9. The Morgan fingerprint density at radius 3 is 2.27 bits per heavy atom. The Balaban J connectivity index is 2.16. The van der Waals surface area contributed by atoms with Gasteiger partial charge in [0.05, 0.1) is 11.7 Å². The lowest BCUT2D eigenvalue weighted by Crippen LogP contribution is -2.25. The molecule has 0 aromatic carbocycles. The van der Waals surface area contributed by atoms with Crippen molar-refractivity contribution in [3.63, 3.8) is 0 Å². The van der Waals surface area contributed by atoms with Crippen molar-refractivity contribution in [1.29, 1.82) is 0 Å². The molecular weight excluding hydrogens is 270 g/mol. The van der Waals surface area contributed by atoms with Crippen LogP contribution in [0.5, 0.6) is 0 Å². The molecule has 0 saturated carbocycles. The predicted molar refractivity (Wildman–Crippen MR) is 94.8 cm³/mol. The van der Waals surface area contributed by atoms with Crippen molar-refractivity contribution >= 4 is 0 Å². The molecule has 0 radical (unpaired) electrons.